The van der Waals surface area contributed by atoms with Gasteiger partial charge in [-0.05, 0) is 12.1 Å². The lowest BCUT2D eigenvalue weighted by Crippen LogP contribution is -1.69. The largest absolute Gasteiger partial charge is 0.391 e. The second kappa shape index (κ2) is 7.54. The number of thiophene rings is 2. The lowest BCUT2D eigenvalue weighted by molar-refractivity contribution is 0.285. The van der Waals surface area contributed by atoms with Crippen molar-refractivity contribution in [2.24, 2.45) is 0 Å². The Morgan fingerprint density at radius 2 is 1.50 bits per heavy atom. The molecule has 1 nitrogen and oxygen atoms in total. The Balaban J connectivity index is 0.000000160. The summed E-state index contributed by atoms with van der Waals surface area (Å²) in [5.74, 6) is 0.567. The van der Waals surface area contributed by atoms with E-state index in [0.717, 1.165) is 14.8 Å². The summed E-state index contributed by atoms with van der Waals surface area (Å²) in [7, 11) is 0. The van der Waals surface area contributed by atoms with Gasteiger partial charge < -0.3 is 5.11 Å². The highest BCUT2D eigenvalue weighted by molar-refractivity contribution is 7.10. The van der Waals surface area contributed by atoms with Crippen LogP contribution in [0.1, 0.15) is 9.75 Å². The monoisotopic (exact) mass is 314 g/mol. The van der Waals surface area contributed by atoms with Gasteiger partial charge in [0.05, 0.1) is 22.5 Å². The fourth-order valence-corrected chi connectivity index (χ4v) is 2.98. The molecule has 0 aromatic carbocycles. The first-order valence-electron chi connectivity index (χ1n) is 4.28. The molecule has 0 spiro atoms. The Morgan fingerprint density at radius 1 is 1.00 bits per heavy atom. The van der Waals surface area contributed by atoms with E-state index in [2.05, 4.69) is 0 Å². The predicted octanol–water partition coefficient (Wildman–Crippen LogP) is 5.03. The van der Waals surface area contributed by atoms with E-state index in [0.29, 0.717) is 10.9 Å². The Bertz CT molecular complexity index is 385. The number of alkyl halides is 1. The van der Waals surface area contributed by atoms with Crippen molar-refractivity contribution in [1.82, 2.24) is 0 Å². The minimum absolute atomic E-state index is 0.0946. The molecular formula is C10H9Cl3OS2. The molecule has 0 aliphatic heterocycles. The van der Waals surface area contributed by atoms with Crippen LogP contribution in [0.25, 0.3) is 0 Å². The second-order valence-corrected chi connectivity index (χ2v) is 5.89. The third-order valence-corrected chi connectivity index (χ3v) is 4.53. The van der Waals surface area contributed by atoms with Crippen LogP contribution in [0.15, 0.2) is 22.9 Å². The molecule has 2 rings (SSSR count). The summed E-state index contributed by atoms with van der Waals surface area (Å²) >= 11 is 19.7. The van der Waals surface area contributed by atoms with Crippen LogP contribution >= 0.6 is 57.5 Å². The van der Waals surface area contributed by atoms with Crippen molar-refractivity contribution in [2.75, 3.05) is 0 Å². The molecule has 0 aliphatic carbocycles. The number of hydrogen-bond donors (Lipinski definition) is 1. The van der Waals surface area contributed by atoms with Crippen LogP contribution in [0.5, 0.6) is 0 Å². The zero-order chi connectivity index (χ0) is 12.0. The molecule has 2 aromatic rings. The van der Waals surface area contributed by atoms with Gasteiger partial charge in [0.2, 0.25) is 0 Å². The van der Waals surface area contributed by atoms with Crippen molar-refractivity contribution < 1.29 is 5.11 Å². The maximum absolute atomic E-state index is 8.50. The lowest BCUT2D eigenvalue weighted by Gasteiger charge is -1.79. The van der Waals surface area contributed by atoms with Crippen molar-refractivity contribution >= 4 is 57.5 Å². The summed E-state index contributed by atoms with van der Waals surface area (Å²) in [6.07, 6.45) is 0. The van der Waals surface area contributed by atoms with Crippen molar-refractivity contribution in [3.05, 3.63) is 42.7 Å². The maximum atomic E-state index is 8.50. The van der Waals surface area contributed by atoms with E-state index in [9.17, 15) is 0 Å². The summed E-state index contributed by atoms with van der Waals surface area (Å²) in [5.41, 5.74) is 0. The summed E-state index contributed by atoms with van der Waals surface area (Å²) in [4.78, 5) is 2.03. The SMILES string of the molecule is ClCc1cc(Cl)cs1.OCc1cc(Cl)cs1. The second-order valence-electron chi connectivity index (χ2n) is 2.75. The molecule has 88 valence electrons. The molecule has 0 fully saturated rings. The number of aliphatic hydroxyl groups excluding tert-OH is 1. The van der Waals surface area contributed by atoms with Crippen LogP contribution in [-0.2, 0) is 12.5 Å². The standard InChI is InChI=1S/C5H4Cl2S.C5H5ClOS/c6-2-5-1-4(7)3-8-5;6-4-1-5(2-7)8-3-4/h1,3H,2H2;1,3,7H,2H2. The van der Waals surface area contributed by atoms with Gasteiger partial charge in [-0.25, -0.2) is 0 Å². The number of halogens is 3. The van der Waals surface area contributed by atoms with Gasteiger partial charge in [0.25, 0.3) is 0 Å². The van der Waals surface area contributed by atoms with Crippen molar-refractivity contribution in [2.45, 2.75) is 12.5 Å². The van der Waals surface area contributed by atoms with Gasteiger partial charge in [0.1, 0.15) is 0 Å². The fourth-order valence-electron chi connectivity index (χ4n) is 0.861. The molecule has 0 aliphatic rings. The molecule has 0 amide bonds. The molecule has 16 heavy (non-hydrogen) atoms. The first-order chi connectivity index (χ1) is 7.65. The quantitative estimate of drug-likeness (QED) is 0.770. The van der Waals surface area contributed by atoms with E-state index in [-0.39, 0.29) is 6.61 Å². The molecule has 2 aromatic heterocycles. The highest BCUT2D eigenvalue weighted by Crippen LogP contribution is 2.20. The molecule has 0 bridgehead atoms. The Labute approximate surface area is 117 Å². The first kappa shape index (κ1) is 14.3. The average Bonchev–Trinajstić information content (AvgIpc) is 2.88. The summed E-state index contributed by atoms with van der Waals surface area (Å²) in [5, 5.41) is 13.7. The van der Waals surface area contributed by atoms with Crippen LogP contribution in [-0.4, -0.2) is 5.11 Å². The van der Waals surface area contributed by atoms with E-state index in [4.69, 9.17) is 39.9 Å². The highest BCUT2D eigenvalue weighted by Gasteiger charge is 1.93. The lowest BCUT2D eigenvalue weighted by atomic mass is 10.5. The van der Waals surface area contributed by atoms with Gasteiger partial charge in [-0.15, -0.1) is 34.3 Å². The van der Waals surface area contributed by atoms with E-state index < -0.39 is 0 Å². The minimum Gasteiger partial charge on any atom is -0.391 e. The van der Waals surface area contributed by atoms with Crippen molar-refractivity contribution in [3.63, 3.8) is 0 Å². The highest BCUT2D eigenvalue weighted by atomic mass is 35.5. The maximum Gasteiger partial charge on any atom is 0.0774 e. The van der Waals surface area contributed by atoms with Gasteiger partial charge in [0, 0.05) is 20.5 Å². The predicted molar refractivity (Wildman–Crippen MR) is 74.1 cm³/mol. The first-order valence-corrected chi connectivity index (χ1v) is 7.33. The van der Waals surface area contributed by atoms with Crippen LogP contribution in [0.4, 0.5) is 0 Å². The number of aliphatic hydroxyl groups is 1. The molecule has 0 atom stereocenters. The molecule has 0 radical (unpaired) electrons. The van der Waals surface area contributed by atoms with Crippen molar-refractivity contribution in [1.29, 1.82) is 0 Å². The molecule has 0 saturated carbocycles. The Kier molecular flexibility index (Phi) is 6.73. The topological polar surface area (TPSA) is 20.2 Å². The molecule has 1 N–H and O–H groups in total. The van der Waals surface area contributed by atoms with E-state index in [1.54, 1.807) is 22.8 Å². The van der Waals surface area contributed by atoms with E-state index in [1.807, 2.05) is 11.4 Å². The summed E-state index contributed by atoms with van der Waals surface area (Å²) < 4.78 is 0. The molecule has 2 heterocycles. The number of rotatable bonds is 2. The van der Waals surface area contributed by atoms with Gasteiger partial charge in [-0.1, -0.05) is 23.2 Å². The third kappa shape index (κ3) is 5.04. The zero-order valence-corrected chi connectivity index (χ0v) is 12.0. The Morgan fingerprint density at radius 3 is 1.69 bits per heavy atom. The minimum atomic E-state index is 0.0946. The van der Waals surface area contributed by atoms with Crippen LogP contribution in [0.2, 0.25) is 10.0 Å². The number of hydrogen-bond acceptors (Lipinski definition) is 3. The third-order valence-electron chi connectivity index (χ3n) is 1.53. The van der Waals surface area contributed by atoms with Crippen LogP contribution in [0, 0.1) is 0 Å². The van der Waals surface area contributed by atoms with Crippen LogP contribution < -0.4 is 0 Å². The summed E-state index contributed by atoms with van der Waals surface area (Å²) in [6, 6.07) is 3.63. The van der Waals surface area contributed by atoms with Gasteiger partial charge in [-0.3, -0.25) is 0 Å². The Hall–Kier alpha value is 0.230. The average molecular weight is 316 g/mol. The van der Waals surface area contributed by atoms with Crippen molar-refractivity contribution in [3.8, 4) is 0 Å². The smallest absolute Gasteiger partial charge is 0.0774 e. The van der Waals surface area contributed by atoms with Gasteiger partial charge in [-0.2, -0.15) is 0 Å². The van der Waals surface area contributed by atoms with Gasteiger partial charge in [0.15, 0.2) is 0 Å². The summed E-state index contributed by atoms with van der Waals surface area (Å²) in [6.45, 7) is 0.0946. The van der Waals surface area contributed by atoms with E-state index >= 15 is 0 Å². The fraction of sp³-hybridized carbons (Fsp3) is 0.200. The van der Waals surface area contributed by atoms with Gasteiger partial charge >= 0.3 is 0 Å². The molecule has 6 heteroatoms. The normalized spacial score (nSPS) is 9.75. The zero-order valence-electron chi connectivity index (χ0n) is 8.12. The van der Waals surface area contributed by atoms with E-state index in [1.165, 1.54) is 11.3 Å². The molecule has 0 unspecified atom stereocenters. The van der Waals surface area contributed by atoms with Crippen LogP contribution in [0.3, 0.4) is 0 Å². The molecular weight excluding hydrogens is 307 g/mol. The molecule has 0 saturated heterocycles.